The Balaban J connectivity index is 1.51. The van der Waals surface area contributed by atoms with E-state index in [0.717, 1.165) is 5.56 Å². The molecular formula is C32H36N4O9. The van der Waals surface area contributed by atoms with Gasteiger partial charge in [0.05, 0.1) is 23.1 Å². The van der Waals surface area contributed by atoms with Crippen molar-refractivity contribution in [2.75, 3.05) is 33.1 Å². The van der Waals surface area contributed by atoms with E-state index in [4.69, 9.17) is 10.8 Å². The Morgan fingerprint density at radius 2 is 1.67 bits per heavy atom. The van der Waals surface area contributed by atoms with Crippen molar-refractivity contribution in [3.8, 4) is 5.75 Å². The Morgan fingerprint density at radius 3 is 2.22 bits per heavy atom. The van der Waals surface area contributed by atoms with Gasteiger partial charge in [-0.1, -0.05) is 12.1 Å². The van der Waals surface area contributed by atoms with E-state index in [-0.39, 0.29) is 36.3 Å². The van der Waals surface area contributed by atoms with Gasteiger partial charge in [0, 0.05) is 44.4 Å². The highest BCUT2D eigenvalue weighted by molar-refractivity contribution is 6.32. The second-order valence-electron chi connectivity index (χ2n) is 12.5. The highest BCUT2D eigenvalue weighted by atomic mass is 16.4. The number of phenolic OH excluding ortho intramolecular Hbond substituents is 1. The van der Waals surface area contributed by atoms with Crippen LogP contribution < -0.4 is 16.0 Å². The third-order valence-corrected chi connectivity index (χ3v) is 9.44. The second kappa shape index (κ2) is 11.5. The topological polar surface area (TPSA) is 208 Å². The SMILES string of the molecule is CN(C)c1cc(CNCc2ccc(C(=O)O)cc2)c(O)c2c1CC1CC3[C@@H](N(C)C)C(=O)C(C(N)=O)C(=O)[C@@]3(O)C(=O)C1C2=O. The molecule has 3 aliphatic rings. The van der Waals surface area contributed by atoms with Crippen molar-refractivity contribution in [2.24, 2.45) is 29.4 Å². The molecule has 13 heteroatoms. The summed E-state index contributed by atoms with van der Waals surface area (Å²) in [6.45, 7) is 0.446. The number of aromatic hydroxyl groups is 1. The molecule has 2 aromatic rings. The average molecular weight is 621 g/mol. The molecule has 6 atom stereocenters. The van der Waals surface area contributed by atoms with Crippen molar-refractivity contribution in [1.29, 1.82) is 0 Å². The number of nitrogens with zero attached hydrogens (tertiary/aromatic N) is 2. The number of carbonyl (C=O) groups excluding carboxylic acids is 5. The molecule has 3 aliphatic carbocycles. The Labute approximate surface area is 259 Å². The minimum atomic E-state index is -2.79. The second-order valence-corrected chi connectivity index (χ2v) is 12.5. The van der Waals surface area contributed by atoms with Gasteiger partial charge < -0.3 is 31.3 Å². The number of ketones is 4. The Hall–Kier alpha value is -4.46. The van der Waals surface area contributed by atoms with Crippen molar-refractivity contribution >= 4 is 40.7 Å². The molecule has 0 aliphatic heterocycles. The largest absolute Gasteiger partial charge is 0.507 e. The molecule has 2 fully saturated rings. The zero-order chi connectivity index (χ0) is 33.1. The number of rotatable bonds is 8. The van der Waals surface area contributed by atoms with E-state index in [1.165, 1.54) is 31.1 Å². The van der Waals surface area contributed by atoms with Gasteiger partial charge in [0.1, 0.15) is 5.75 Å². The van der Waals surface area contributed by atoms with Crippen LogP contribution in [0.25, 0.3) is 0 Å². The number of phenols is 1. The minimum absolute atomic E-state index is 0.0263. The predicted octanol–water partition coefficient (Wildman–Crippen LogP) is -0.0790. The molecule has 0 aromatic heterocycles. The third kappa shape index (κ3) is 5.00. The average Bonchev–Trinajstić information content (AvgIpc) is 2.95. The maximum Gasteiger partial charge on any atom is 0.335 e. The van der Waals surface area contributed by atoms with Crippen LogP contribution in [0, 0.1) is 23.7 Å². The zero-order valence-electron chi connectivity index (χ0n) is 25.4. The number of Topliss-reactive ketones (excluding diaryl/α,β-unsaturated/α-hetero) is 4. The minimum Gasteiger partial charge on any atom is -0.507 e. The first-order chi connectivity index (χ1) is 21.1. The number of fused-ring (bicyclic) bond motifs is 3. The quantitative estimate of drug-likeness (QED) is 0.246. The van der Waals surface area contributed by atoms with Crippen molar-refractivity contribution < 1.29 is 44.1 Å². The number of primary amides is 1. The Morgan fingerprint density at radius 1 is 1.02 bits per heavy atom. The first kappa shape index (κ1) is 31.9. The van der Waals surface area contributed by atoms with Crippen molar-refractivity contribution in [1.82, 2.24) is 10.2 Å². The smallest absolute Gasteiger partial charge is 0.335 e. The summed E-state index contributed by atoms with van der Waals surface area (Å²) in [4.78, 5) is 81.5. The maximum absolute atomic E-state index is 14.2. The number of hydrogen-bond acceptors (Lipinski definition) is 11. The van der Waals surface area contributed by atoms with Crippen LogP contribution >= 0.6 is 0 Å². The van der Waals surface area contributed by atoms with Crippen LogP contribution in [-0.4, -0.2) is 95.1 Å². The summed E-state index contributed by atoms with van der Waals surface area (Å²) in [5.74, 6) is -12.0. The van der Waals surface area contributed by atoms with E-state index in [9.17, 15) is 39.0 Å². The van der Waals surface area contributed by atoms with Crippen LogP contribution in [-0.2, 0) is 38.7 Å². The summed E-state index contributed by atoms with van der Waals surface area (Å²) in [7, 11) is 6.63. The Kier molecular flexibility index (Phi) is 8.15. The monoisotopic (exact) mass is 620 g/mol. The molecule has 13 nitrogen and oxygen atoms in total. The van der Waals surface area contributed by atoms with Gasteiger partial charge in [0.2, 0.25) is 5.91 Å². The number of anilines is 1. The number of benzene rings is 2. The lowest BCUT2D eigenvalue weighted by Gasteiger charge is -2.52. The number of amides is 1. The normalized spacial score (nSPS) is 27.6. The van der Waals surface area contributed by atoms with E-state index in [0.29, 0.717) is 23.4 Å². The lowest BCUT2D eigenvalue weighted by molar-refractivity contribution is -0.181. The summed E-state index contributed by atoms with van der Waals surface area (Å²) < 4.78 is 0. The molecule has 0 radical (unpaired) electrons. The molecule has 0 saturated heterocycles. The summed E-state index contributed by atoms with van der Waals surface area (Å²) in [5.41, 5.74) is 4.98. The van der Waals surface area contributed by atoms with Gasteiger partial charge in [-0.25, -0.2) is 4.79 Å². The molecule has 0 spiro atoms. The third-order valence-electron chi connectivity index (χ3n) is 9.44. The summed E-state index contributed by atoms with van der Waals surface area (Å²) in [6.07, 6.45) is 0.137. The number of carbonyl (C=O) groups is 6. The van der Waals surface area contributed by atoms with Crippen LogP contribution in [0.15, 0.2) is 30.3 Å². The molecule has 2 saturated carbocycles. The van der Waals surface area contributed by atoms with Crippen molar-refractivity contribution in [3.63, 3.8) is 0 Å². The standard InChI is InChI=1S/C32H36N4O9/c1-35(2)20-11-17(13-34-12-14-5-7-15(8-6-14)31(43)44)25(37)22-18(20)9-16-10-19-24(36(3)4)27(39)23(30(33)42)29(41)32(19,45)28(40)21(16)26(22)38/h5-8,11,16,19,21,23-24,34,37,45H,9-10,12-13H2,1-4H3,(H2,33,42)(H,43,44)/t16?,19?,21?,23?,24-,32+/m1/s1. The lowest BCUT2D eigenvalue weighted by atomic mass is 9.52. The number of carboxylic acids is 1. The number of carboxylic acid groups (broad SMARTS) is 1. The van der Waals surface area contributed by atoms with Gasteiger partial charge >= 0.3 is 5.97 Å². The summed E-state index contributed by atoms with van der Waals surface area (Å²) in [6, 6.07) is 6.87. The molecule has 0 heterocycles. The fourth-order valence-corrected chi connectivity index (χ4v) is 7.35. The van der Waals surface area contributed by atoms with Gasteiger partial charge in [-0.15, -0.1) is 0 Å². The van der Waals surface area contributed by atoms with Crippen LogP contribution in [0.3, 0.4) is 0 Å². The molecule has 1 amide bonds. The predicted molar refractivity (Wildman–Crippen MR) is 160 cm³/mol. The van der Waals surface area contributed by atoms with E-state index in [2.05, 4.69) is 5.32 Å². The summed E-state index contributed by atoms with van der Waals surface area (Å²) >= 11 is 0. The first-order valence-corrected chi connectivity index (χ1v) is 14.5. The van der Waals surface area contributed by atoms with Crippen LogP contribution in [0.2, 0.25) is 0 Å². The van der Waals surface area contributed by atoms with Crippen LogP contribution in [0.4, 0.5) is 5.69 Å². The molecular weight excluding hydrogens is 584 g/mol. The van der Waals surface area contributed by atoms with E-state index in [1.54, 1.807) is 37.2 Å². The number of aromatic carboxylic acids is 1. The van der Waals surface area contributed by atoms with Gasteiger partial charge in [-0.05, 0) is 62.2 Å². The summed E-state index contributed by atoms with van der Waals surface area (Å²) in [5, 5.41) is 35.5. The molecule has 0 bridgehead atoms. The number of nitrogens with two attached hydrogens (primary N) is 1. The Bertz CT molecular complexity index is 1630. The molecule has 45 heavy (non-hydrogen) atoms. The van der Waals surface area contributed by atoms with Gasteiger partial charge in [0.25, 0.3) is 0 Å². The number of likely N-dealkylation sites (N-methyl/N-ethyl adjacent to an activating group) is 1. The highest BCUT2D eigenvalue weighted by Gasteiger charge is 2.69. The number of nitrogens with one attached hydrogen (secondary N) is 1. The molecule has 4 unspecified atom stereocenters. The van der Waals surface area contributed by atoms with E-state index < -0.39 is 70.3 Å². The first-order valence-electron chi connectivity index (χ1n) is 14.5. The van der Waals surface area contributed by atoms with Crippen molar-refractivity contribution in [2.45, 2.75) is 37.6 Å². The molecule has 6 N–H and O–H groups in total. The fourth-order valence-electron chi connectivity index (χ4n) is 7.35. The molecule has 2 aromatic carbocycles. The van der Waals surface area contributed by atoms with Crippen LogP contribution in [0.1, 0.15) is 43.8 Å². The van der Waals surface area contributed by atoms with Crippen LogP contribution in [0.5, 0.6) is 5.75 Å². The van der Waals surface area contributed by atoms with E-state index >= 15 is 0 Å². The fraction of sp³-hybridized carbons (Fsp3) is 0.438. The number of hydrogen-bond donors (Lipinski definition) is 5. The van der Waals surface area contributed by atoms with Gasteiger partial charge in [-0.2, -0.15) is 0 Å². The molecule has 238 valence electrons. The number of aliphatic hydroxyl groups is 1. The molecule has 5 rings (SSSR count). The lowest BCUT2D eigenvalue weighted by Crippen LogP contribution is -2.74. The zero-order valence-corrected chi connectivity index (χ0v) is 25.4. The maximum atomic E-state index is 14.2. The van der Waals surface area contributed by atoms with Gasteiger partial charge in [-0.3, -0.25) is 28.9 Å². The van der Waals surface area contributed by atoms with E-state index in [1.807, 2.05) is 0 Å². The highest BCUT2D eigenvalue weighted by Crippen LogP contribution is 2.52. The van der Waals surface area contributed by atoms with Gasteiger partial charge in [0.15, 0.2) is 34.7 Å². The van der Waals surface area contributed by atoms with Crippen molar-refractivity contribution in [3.05, 3.63) is 58.1 Å².